The normalized spacial score (nSPS) is 10.6. The Labute approximate surface area is 120 Å². The van der Waals surface area contributed by atoms with E-state index >= 15 is 0 Å². The molecular formula is C17H21NS. The minimum absolute atomic E-state index is 0.953. The number of thioether (sulfide) groups is 1. The van der Waals surface area contributed by atoms with Crippen molar-refractivity contribution in [3.63, 3.8) is 0 Å². The SMILES string of the molecule is Cc1ccc(SCCNCc2ccccc2)c(C)c1. The van der Waals surface area contributed by atoms with E-state index in [1.54, 1.807) is 0 Å². The molecule has 0 saturated heterocycles. The van der Waals surface area contributed by atoms with Crippen LogP contribution in [0.4, 0.5) is 0 Å². The molecule has 0 spiro atoms. The summed E-state index contributed by atoms with van der Waals surface area (Å²) in [6.07, 6.45) is 0. The Kier molecular flexibility index (Phi) is 5.49. The van der Waals surface area contributed by atoms with Crippen molar-refractivity contribution in [2.75, 3.05) is 12.3 Å². The summed E-state index contributed by atoms with van der Waals surface area (Å²) >= 11 is 1.93. The Bertz CT molecular complexity index is 508. The zero-order chi connectivity index (χ0) is 13.5. The Hall–Kier alpha value is -1.25. The van der Waals surface area contributed by atoms with Crippen LogP contribution >= 0.6 is 11.8 Å². The Morgan fingerprint density at radius 2 is 1.79 bits per heavy atom. The van der Waals surface area contributed by atoms with Crippen LogP contribution in [0.15, 0.2) is 53.4 Å². The molecule has 0 atom stereocenters. The first-order valence-corrected chi connectivity index (χ1v) is 7.69. The summed E-state index contributed by atoms with van der Waals surface area (Å²) < 4.78 is 0. The smallest absolute Gasteiger partial charge is 0.0205 e. The molecule has 100 valence electrons. The summed E-state index contributed by atoms with van der Waals surface area (Å²) in [6, 6.07) is 17.2. The van der Waals surface area contributed by atoms with Crippen LogP contribution in [-0.2, 0) is 6.54 Å². The van der Waals surface area contributed by atoms with Crippen molar-refractivity contribution in [1.82, 2.24) is 5.32 Å². The summed E-state index contributed by atoms with van der Waals surface area (Å²) in [7, 11) is 0. The second-order valence-corrected chi connectivity index (χ2v) is 5.92. The molecule has 2 aromatic rings. The molecule has 0 heterocycles. The maximum atomic E-state index is 3.48. The topological polar surface area (TPSA) is 12.0 Å². The van der Waals surface area contributed by atoms with E-state index in [1.807, 2.05) is 11.8 Å². The van der Waals surface area contributed by atoms with E-state index < -0.39 is 0 Å². The zero-order valence-corrected chi connectivity index (χ0v) is 12.5. The van der Waals surface area contributed by atoms with Crippen molar-refractivity contribution in [1.29, 1.82) is 0 Å². The summed E-state index contributed by atoms with van der Waals surface area (Å²) in [6.45, 7) is 6.32. The van der Waals surface area contributed by atoms with Crippen molar-refractivity contribution in [3.05, 3.63) is 65.2 Å². The van der Waals surface area contributed by atoms with Gasteiger partial charge in [0.05, 0.1) is 0 Å². The highest BCUT2D eigenvalue weighted by molar-refractivity contribution is 7.99. The van der Waals surface area contributed by atoms with Crippen LogP contribution in [-0.4, -0.2) is 12.3 Å². The van der Waals surface area contributed by atoms with Gasteiger partial charge in [-0.3, -0.25) is 0 Å². The fraction of sp³-hybridized carbons (Fsp3) is 0.294. The van der Waals surface area contributed by atoms with Crippen LogP contribution in [0.2, 0.25) is 0 Å². The average Bonchev–Trinajstić information content (AvgIpc) is 2.42. The monoisotopic (exact) mass is 271 g/mol. The number of benzene rings is 2. The quantitative estimate of drug-likeness (QED) is 0.624. The predicted molar refractivity (Wildman–Crippen MR) is 84.8 cm³/mol. The molecule has 19 heavy (non-hydrogen) atoms. The minimum Gasteiger partial charge on any atom is -0.312 e. The van der Waals surface area contributed by atoms with Crippen LogP contribution < -0.4 is 5.32 Å². The van der Waals surface area contributed by atoms with Gasteiger partial charge in [-0.15, -0.1) is 11.8 Å². The Morgan fingerprint density at radius 1 is 1.00 bits per heavy atom. The summed E-state index contributed by atoms with van der Waals surface area (Å²) in [5.41, 5.74) is 4.07. The van der Waals surface area contributed by atoms with Crippen molar-refractivity contribution in [3.8, 4) is 0 Å². The van der Waals surface area contributed by atoms with Crippen molar-refractivity contribution >= 4 is 11.8 Å². The molecule has 0 fully saturated rings. The Balaban J connectivity index is 1.69. The number of hydrogen-bond donors (Lipinski definition) is 1. The first-order valence-electron chi connectivity index (χ1n) is 6.70. The molecule has 2 rings (SSSR count). The molecule has 0 aromatic heterocycles. The maximum absolute atomic E-state index is 3.48. The van der Waals surface area contributed by atoms with E-state index in [9.17, 15) is 0 Å². The Morgan fingerprint density at radius 3 is 2.53 bits per heavy atom. The van der Waals surface area contributed by atoms with Crippen LogP contribution in [0, 0.1) is 13.8 Å². The lowest BCUT2D eigenvalue weighted by Gasteiger charge is -2.07. The molecule has 0 saturated carbocycles. The standard InChI is InChI=1S/C17H21NS/c1-14-8-9-17(15(2)12-14)19-11-10-18-13-16-6-4-3-5-7-16/h3-9,12,18H,10-11,13H2,1-2H3. The van der Waals surface area contributed by atoms with E-state index in [0.29, 0.717) is 0 Å². The summed E-state index contributed by atoms with van der Waals surface area (Å²) in [5.74, 6) is 1.11. The van der Waals surface area contributed by atoms with Crippen LogP contribution in [0.1, 0.15) is 16.7 Å². The fourth-order valence-electron chi connectivity index (χ4n) is 2.02. The van der Waals surface area contributed by atoms with Crippen LogP contribution in [0.3, 0.4) is 0 Å². The van der Waals surface area contributed by atoms with Gasteiger partial charge in [0.15, 0.2) is 0 Å². The highest BCUT2D eigenvalue weighted by atomic mass is 32.2. The molecular weight excluding hydrogens is 250 g/mol. The van der Waals surface area contributed by atoms with Crippen molar-refractivity contribution in [2.24, 2.45) is 0 Å². The molecule has 0 bridgehead atoms. The second kappa shape index (κ2) is 7.37. The van der Waals surface area contributed by atoms with Crippen LogP contribution in [0.25, 0.3) is 0 Å². The van der Waals surface area contributed by atoms with Gasteiger partial charge < -0.3 is 5.32 Å². The van der Waals surface area contributed by atoms with Gasteiger partial charge in [-0.25, -0.2) is 0 Å². The van der Waals surface area contributed by atoms with E-state index in [0.717, 1.165) is 18.8 Å². The predicted octanol–water partition coefficient (Wildman–Crippen LogP) is 4.19. The first-order chi connectivity index (χ1) is 9.25. The largest absolute Gasteiger partial charge is 0.312 e. The third-order valence-corrected chi connectivity index (χ3v) is 4.22. The van der Waals surface area contributed by atoms with Gasteiger partial charge in [-0.05, 0) is 31.0 Å². The molecule has 1 nitrogen and oxygen atoms in total. The van der Waals surface area contributed by atoms with Gasteiger partial charge in [0.1, 0.15) is 0 Å². The van der Waals surface area contributed by atoms with Gasteiger partial charge in [-0.1, -0.05) is 48.0 Å². The number of rotatable bonds is 6. The lowest BCUT2D eigenvalue weighted by atomic mass is 10.2. The number of nitrogens with one attached hydrogen (secondary N) is 1. The molecule has 1 N–H and O–H groups in total. The third kappa shape index (κ3) is 4.73. The average molecular weight is 271 g/mol. The van der Waals surface area contributed by atoms with Gasteiger partial charge in [0.2, 0.25) is 0 Å². The summed E-state index contributed by atoms with van der Waals surface area (Å²) in [5, 5.41) is 3.48. The summed E-state index contributed by atoms with van der Waals surface area (Å²) in [4.78, 5) is 1.40. The fourth-order valence-corrected chi connectivity index (χ4v) is 2.94. The first kappa shape index (κ1) is 14.2. The maximum Gasteiger partial charge on any atom is 0.0205 e. The zero-order valence-electron chi connectivity index (χ0n) is 11.6. The van der Waals surface area contributed by atoms with E-state index in [4.69, 9.17) is 0 Å². The lowest BCUT2D eigenvalue weighted by Crippen LogP contribution is -2.16. The van der Waals surface area contributed by atoms with Crippen LogP contribution in [0.5, 0.6) is 0 Å². The highest BCUT2D eigenvalue weighted by Gasteiger charge is 1.99. The molecule has 2 aromatic carbocycles. The molecule has 0 amide bonds. The number of hydrogen-bond acceptors (Lipinski definition) is 2. The molecule has 0 radical (unpaired) electrons. The van der Waals surface area contributed by atoms with Gasteiger partial charge >= 0.3 is 0 Å². The molecule has 0 aliphatic rings. The minimum atomic E-state index is 0.953. The second-order valence-electron chi connectivity index (χ2n) is 4.78. The van der Waals surface area contributed by atoms with Crippen molar-refractivity contribution < 1.29 is 0 Å². The molecule has 2 heteroatoms. The third-order valence-electron chi connectivity index (χ3n) is 3.04. The molecule has 0 aliphatic carbocycles. The van der Waals surface area contributed by atoms with Gasteiger partial charge in [-0.2, -0.15) is 0 Å². The lowest BCUT2D eigenvalue weighted by molar-refractivity contribution is 0.732. The van der Waals surface area contributed by atoms with E-state index in [1.165, 1.54) is 21.6 Å². The van der Waals surface area contributed by atoms with E-state index in [2.05, 4.69) is 67.7 Å². The van der Waals surface area contributed by atoms with Gasteiger partial charge in [0.25, 0.3) is 0 Å². The number of aryl methyl sites for hydroxylation is 2. The van der Waals surface area contributed by atoms with Crippen molar-refractivity contribution in [2.45, 2.75) is 25.3 Å². The highest BCUT2D eigenvalue weighted by Crippen LogP contribution is 2.22. The molecule has 0 aliphatic heterocycles. The molecule has 0 unspecified atom stereocenters. The van der Waals surface area contributed by atoms with Gasteiger partial charge in [0, 0.05) is 23.7 Å². The van der Waals surface area contributed by atoms with E-state index in [-0.39, 0.29) is 0 Å².